The van der Waals surface area contributed by atoms with Crippen LogP contribution in [-0.4, -0.2) is 43.8 Å². The molecule has 1 aliphatic heterocycles. The Hall–Kier alpha value is -0.160. The van der Waals surface area contributed by atoms with E-state index < -0.39 is 0 Å². The lowest BCUT2D eigenvalue weighted by Crippen LogP contribution is -2.31. The number of nitrogens with one attached hydrogen (secondary N) is 1. The molecule has 0 aromatic carbocycles. The highest BCUT2D eigenvalue weighted by Crippen LogP contribution is 2.15. The van der Waals surface area contributed by atoms with E-state index >= 15 is 0 Å². The topological polar surface area (TPSA) is 50.7 Å². The van der Waals surface area contributed by atoms with Crippen LogP contribution < -0.4 is 5.32 Å². The monoisotopic (exact) mass is 301 g/mol. The number of aliphatic hydroxyl groups excluding tert-OH is 1. The van der Waals surface area contributed by atoms with Gasteiger partial charge in [-0.1, -0.05) is 32.6 Å². The highest BCUT2D eigenvalue weighted by molar-refractivity contribution is 4.66. The highest BCUT2D eigenvalue weighted by Gasteiger charge is 2.13. The average Bonchev–Trinajstić information content (AvgIpc) is 2.52. The number of rotatable bonds is 13. The minimum absolute atomic E-state index is 0.0652. The molecule has 2 N–H and O–H groups in total. The second kappa shape index (κ2) is 13.5. The van der Waals surface area contributed by atoms with Crippen LogP contribution in [0.3, 0.4) is 0 Å². The fourth-order valence-corrected chi connectivity index (χ4v) is 2.87. The molecule has 0 spiro atoms. The van der Waals surface area contributed by atoms with E-state index in [0.29, 0.717) is 6.04 Å². The van der Waals surface area contributed by atoms with Crippen LogP contribution in [0.15, 0.2) is 0 Å². The Morgan fingerprint density at radius 1 is 1.19 bits per heavy atom. The van der Waals surface area contributed by atoms with Crippen LogP contribution in [0.2, 0.25) is 0 Å². The summed E-state index contributed by atoms with van der Waals surface area (Å²) in [6.45, 7) is 4.88. The van der Waals surface area contributed by atoms with Crippen LogP contribution in [0.5, 0.6) is 0 Å². The predicted molar refractivity (Wildman–Crippen MR) is 86.4 cm³/mol. The third kappa shape index (κ3) is 10.2. The lowest BCUT2D eigenvalue weighted by molar-refractivity contribution is -0.162. The zero-order valence-electron chi connectivity index (χ0n) is 13.8. The van der Waals surface area contributed by atoms with Crippen molar-refractivity contribution in [2.45, 2.75) is 83.5 Å². The fraction of sp³-hybridized carbons (Fsp3) is 1.00. The lowest BCUT2D eigenvalue weighted by Gasteiger charge is -2.22. The van der Waals surface area contributed by atoms with Gasteiger partial charge in [0.25, 0.3) is 0 Å². The van der Waals surface area contributed by atoms with Gasteiger partial charge in [0, 0.05) is 25.8 Å². The van der Waals surface area contributed by atoms with Crippen LogP contribution in [-0.2, 0) is 9.47 Å². The van der Waals surface area contributed by atoms with Gasteiger partial charge in [0.1, 0.15) is 0 Å². The maximum atomic E-state index is 8.87. The van der Waals surface area contributed by atoms with Gasteiger partial charge >= 0.3 is 0 Å². The summed E-state index contributed by atoms with van der Waals surface area (Å²) in [4.78, 5) is 0. The molecule has 0 radical (unpaired) electrons. The van der Waals surface area contributed by atoms with Crippen LogP contribution in [0.25, 0.3) is 0 Å². The van der Waals surface area contributed by atoms with Gasteiger partial charge in [-0.2, -0.15) is 0 Å². The van der Waals surface area contributed by atoms with Crippen molar-refractivity contribution in [1.29, 1.82) is 0 Å². The second-order valence-electron chi connectivity index (χ2n) is 6.03. The van der Waals surface area contributed by atoms with Gasteiger partial charge in [-0.05, 0) is 38.5 Å². The minimum atomic E-state index is 0.0652. The van der Waals surface area contributed by atoms with E-state index in [4.69, 9.17) is 14.6 Å². The van der Waals surface area contributed by atoms with Gasteiger partial charge in [0.05, 0.1) is 6.61 Å². The highest BCUT2D eigenvalue weighted by atomic mass is 16.7. The Morgan fingerprint density at radius 2 is 2.05 bits per heavy atom. The molecular weight excluding hydrogens is 266 g/mol. The molecule has 1 fully saturated rings. The Labute approximate surface area is 130 Å². The quantitative estimate of drug-likeness (QED) is 0.513. The number of hydrogen-bond acceptors (Lipinski definition) is 4. The van der Waals surface area contributed by atoms with Gasteiger partial charge in [-0.25, -0.2) is 0 Å². The molecule has 1 saturated heterocycles. The summed E-state index contributed by atoms with van der Waals surface area (Å²) in [5, 5.41) is 12.3. The normalized spacial score (nSPS) is 20.6. The van der Waals surface area contributed by atoms with Crippen molar-refractivity contribution in [3.05, 3.63) is 0 Å². The number of aliphatic hydroxyl groups is 1. The van der Waals surface area contributed by atoms with E-state index in [9.17, 15) is 0 Å². The van der Waals surface area contributed by atoms with E-state index in [1.165, 1.54) is 51.4 Å². The smallest absolute Gasteiger partial charge is 0.157 e. The van der Waals surface area contributed by atoms with Crippen molar-refractivity contribution in [3.63, 3.8) is 0 Å². The average molecular weight is 301 g/mol. The maximum absolute atomic E-state index is 8.87. The zero-order chi connectivity index (χ0) is 15.2. The first-order chi connectivity index (χ1) is 10.4. The first-order valence-corrected chi connectivity index (χ1v) is 8.94. The van der Waals surface area contributed by atoms with Crippen molar-refractivity contribution in [3.8, 4) is 0 Å². The van der Waals surface area contributed by atoms with Crippen molar-refractivity contribution in [1.82, 2.24) is 5.32 Å². The Kier molecular flexibility index (Phi) is 12.1. The Balaban J connectivity index is 1.90. The third-order valence-corrected chi connectivity index (χ3v) is 4.07. The van der Waals surface area contributed by atoms with Gasteiger partial charge < -0.3 is 19.9 Å². The number of ether oxygens (including phenoxy) is 2. The van der Waals surface area contributed by atoms with E-state index in [0.717, 1.165) is 32.6 Å². The predicted octanol–water partition coefficient (Wildman–Crippen LogP) is 3.23. The number of unbranched alkanes of at least 4 members (excludes halogenated alkanes) is 3. The van der Waals surface area contributed by atoms with Crippen molar-refractivity contribution in [2.24, 2.45) is 0 Å². The first-order valence-electron chi connectivity index (χ1n) is 8.94. The van der Waals surface area contributed by atoms with Crippen LogP contribution in [0.1, 0.15) is 71.1 Å². The summed E-state index contributed by atoms with van der Waals surface area (Å²) >= 11 is 0. The summed E-state index contributed by atoms with van der Waals surface area (Å²) in [6.07, 6.45) is 12.1. The molecule has 0 aromatic heterocycles. The van der Waals surface area contributed by atoms with Crippen LogP contribution in [0, 0.1) is 0 Å². The minimum Gasteiger partial charge on any atom is -0.395 e. The van der Waals surface area contributed by atoms with Crippen LogP contribution in [0.4, 0.5) is 0 Å². The SMILES string of the molecule is CCCC(CCCCCCOC1CCCCO1)NCCO. The molecule has 1 heterocycles. The molecule has 2 atom stereocenters. The molecule has 21 heavy (non-hydrogen) atoms. The molecule has 4 heteroatoms. The lowest BCUT2D eigenvalue weighted by atomic mass is 10.0. The molecule has 0 saturated carbocycles. The number of hydrogen-bond donors (Lipinski definition) is 2. The van der Waals surface area contributed by atoms with Crippen LogP contribution >= 0.6 is 0 Å². The van der Waals surface area contributed by atoms with Gasteiger partial charge in [0.15, 0.2) is 6.29 Å². The summed E-state index contributed by atoms with van der Waals surface area (Å²) < 4.78 is 11.3. The standard InChI is InChI=1S/C17H35NO3/c1-2-9-16(18-12-13-19)10-5-3-4-7-14-20-17-11-6-8-15-21-17/h16-19H,2-15H2,1H3. The molecule has 0 bridgehead atoms. The largest absolute Gasteiger partial charge is 0.395 e. The molecule has 0 aliphatic carbocycles. The van der Waals surface area contributed by atoms with Gasteiger partial charge in [-0.3, -0.25) is 0 Å². The van der Waals surface area contributed by atoms with E-state index in [2.05, 4.69) is 12.2 Å². The van der Waals surface area contributed by atoms with E-state index in [1.54, 1.807) is 0 Å². The van der Waals surface area contributed by atoms with Crippen molar-refractivity contribution >= 4 is 0 Å². The summed E-state index contributed by atoms with van der Waals surface area (Å²) in [7, 11) is 0. The van der Waals surface area contributed by atoms with E-state index in [-0.39, 0.29) is 12.9 Å². The molecule has 2 unspecified atom stereocenters. The van der Waals surface area contributed by atoms with Gasteiger partial charge in [-0.15, -0.1) is 0 Å². The Morgan fingerprint density at radius 3 is 2.76 bits per heavy atom. The maximum Gasteiger partial charge on any atom is 0.157 e. The van der Waals surface area contributed by atoms with Crippen molar-refractivity contribution < 1.29 is 14.6 Å². The summed E-state index contributed by atoms with van der Waals surface area (Å²) in [6, 6.07) is 0.578. The fourth-order valence-electron chi connectivity index (χ4n) is 2.87. The molecular formula is C17H35NO3. The third-order valence-electron chi connectivity index (χ3n) is 4.07. The second-order valence-corrected chi connectivity index (χ2v) is 6.03. The first kappa shape index (κ1) is 18.9. The molecule has 126 valence electrons. The summed E-state index contributed by atoms with van der Waals surface area (Å²) in [5.74, 6) is 0. The van der Waals surface area contributed by atoms with E-state index in [1.807, 2.05) is 0 Å². The Bertz CT molecular complexity index is 220. The molecule has 4 nitrogen and oxygen atoms in total. The van der Waals surface area contributed by atoms with Gasteiger partial charge in [0.2, 0.25) is 0 Å². The zero-order valence-corrected chi connectivity index (χ0v) is 13.8. The molecule has 0 amide bonds. The van der Waals surface area contributed by atoms with Crippen molar-refractivity contribution in [2.75, 3.05) is 26.4 Å². The summed E-state index contributed by atoms with van der Waals surface area (Å²) in [5.41, 5.74) is 0. The molecule has 0 aromatic rings. The molecule has 1 rings (SSSR count). The molecule has 1 aliphatic rings.